The van der Waals surface area contributed by atoms with Crippen molar-refractivity contribution in [1.82, 2.24) is 9.80 Å². The number of amides is 1. The van der Waals surface area contributed by atoms with Gasteiger partial charge in [-0.1, -0.05) is 23.7 Å². The smallest absolute Gasteiger partial charge is 0.257 e. The van der Waals surface area contributed by atoms with Crippen LogP contribution in [-0.2, 0) is 6.54 Å². The van der Waals surface area contributed by atoms with Gasteiger partial charge in [0.2, 0.25) is 0 Å². The van der Waals surface area contributed by atoms with E-state index >= 15 is 0 Å². The minimum Gasteiger partial charge on any atom is -0.496 e. The predicted octanol–water partition coefficient (Wildman–Crippen LogP) is 3.45. The van der Waals surface area contributed by atoms with Crippen LogP contribution in [-0.4, -0.2) is 49.0 Å². The zero-order chi connectivity index (χ0) is 17.8. The van der Waals surface area contributed by atoms with E-state index in [0.29, 0.717) is 36.0 Å². The summed E-state index contributed by atoms with van der Waals surface area (Å²) >= 11 is 6.02. The van der Waals surface area contributed by atoms with Crippen LogP contribution in [0.1, 0.15) is 15.9 Å². The molecule has 0 N–H and O–H groups in total. The second-order valence-corrected chi connectivity index (χ2v) is 6.48. The number of hydrogen-bond acceptors (Lipinski definition) is 3. The standard InChI is InChI=1S/C19H20ClFN2O2/c1-25-18-6-5-15(20)12-17(18)19(24)23-9-7-22(8-10-23)13-14-3-2-4-16(21)11-14/h2-6,11-12H,7-10,13H2,1H3. The summed E-state index contributed by atoms with van der Waals surface area (Å²) in [6.45, 7) is 3.39. The molecule has 25 heavy (non-hydrogen) atoms. The van der Waals surface area contributed by atoms with E-state index in [4.69, 9.17) is 16.3 Å². The maximum absolute atomic E-state index is 13.3. The third-order valence-electron chi connectivity index (χ3n) is 4.35. The largest absolute Gasteiger partial charge is 0.496 e. The predicted molar refractivity (Wildman–Crippen MR) is 95.6 cm³/mol. The van der Waals surface area contributed by atoms with Gasteiger partial charge in [0.25, 0.3) is 5.91 Å². The van der Waals surface area contributed by atoms with Crippen LogP contribution in [0.15, 0.2) is 42.5 Å². The van der Waals surface area contributed by atoms with E-state index in [1.54, 1.807) is 35.2 Å². The van der Waals surface area contributed by atoms with Crippen LogP contribution >= 0.6 is 11.6 Å². The summed E-state index contributed by atoms with van der Waals surface area (Å²) in [5, 5.41) is 0.508. The van der Waals surface area contributed by atoms with Crippen LogP contribution in [0.2, 0.25) is 5.02 Å². The quantitative estimate of drug-likeness (QED) is 0.835. The summed E-state index contributed by atoms with van der Waals surface area (Å²) in [6.07, 6.45) is 0. The molecule has 0 bridgehead atoms. The SMILES string of the molecule is COc1ccc(Cl)cc1C(=O)N1CCN(Cc2cccc(F)c2)CC1. The van der Waals surface area contributed by atoms with E-state index in [1.807, 2.05) is 6.07 Å². The van der Waals surface area contributed by atoms with Crippen molar-refractivity contribution in [1.29, 1.82) is 0 Å². The Labute approximate surface area is 151 Å². The molecular weight excluding hydrogens is 343 g/mol. The average Bonchev–Trinajstić information content (AvgIpc) is 2.62. The number of nitrogens with zero attached hydrogens (tertiary/aromatic N) is 2. The van der Waals surface area contributed by atoms with Crippen molar-refractivity contribution in [2.45, 2.75) is 6.54 Å². The van der Waals surface area contributed by atoms with Gasteiger partial charge in [0, 0.05) is 37.7 Å². The number of carbonyl (C=O) groups excluding carboxylic acids is 1. The summed E-state index contributed by atoms with van der Waals surface area (Å²) in [7, 11) is 1.54. The lowest BCUT2D eigenvalue weighted by atomic mass is 10.1. The molecule has 0 aromatic heterocycles. The first-order valence-electron chi connectivity index (χ1n) is 8.16. The molecule has 0 spiro atoms. The highest BCUT2D eigenvalue weighted by molar-refractivity contribution is 6.31. The van der Waals surface area contributed by atoms with E-state index in [-0.39, 0.29) is 11.7 Å². The molecule has 1 saturated heterocycles. The van der Waals surface area contributed by atoms with Gasteiger partial charge in [-0.05, 0) is 35.9 Å². The van der Waals surface area contributed by atoms with Crippen LogP contribution in [0.3, 0.4) is 0 Å². The number of carbonyl (C=O) groups is 1. The van der Waals surface area contributed by atoms with Crippen LogP contribution < -0.4 is 4.74 Å². The van der Waals surface area contributed by atoms with Gasteiger partial charge in [-0.15, -0.1) is 0 Å². The van der Waals surface area contributed by atoms with Crippen LogP contribution in [0.4, 0.5) is 4.39 Å². The molecule has 0 aliphatic carbocycles. The third kappa shape index (κ3) is 4.30. The molecule has 2 aromatic rings. The van der Waals surface area contributed by atoms with Crippen LogP contribution in [0, 0.1) is 5.82 Å². The van der Waals surface area contributed by atoms with Crippen molar-refractivity contribution in [3.8, 4) is 5.75 Å². The summed E-state index contributed by atoms with van der Waals surface area (Å²) in [5.41, 5.74) is 1.42. The maximum Gasteiger partial charge on any atom is 0.257 e. The van der Waals surface area contributed by atoms with Crippen molar-refractivity contribution < 1.29 is 13.9 Å². The van der Waals surface area contributed by atoms with Crippen molar-refractivity contribution in [2.75, 3.05) is 33.3 Å². The van der Waals surface area contributed by atoms with Gasteiger partial charge in [-0.2, -0.15) is 0 Å². The molecule has 1 heterocycles. The monoisotopic (exact) mass is 362 g/mol. The fraction of sp³-hybridized carbons (Fsp3) is 0.316. The highest BCUT2D eigenvalue weighted by Crippen LogP contribution is 2.24. The summed E-state index contributed by atoms with van der Waals surface area (Å²) in [4.78, 5) is 16.8. The van der Waals surface area contributed by atoms with E-state index in [9.17, 15) is 9.18 Å². The molecule has 1 amide bonds. The Balaban J connectivity index is 1.62. The fourth-order valence-corrected chi connectivity index (χ4v) is 3.19. The molecule has 2 aromatic carbocycles. The third-order valence-corrected chi connectivity index (χ3v) is 4.58. The van der Waals surface area contributed by atoms with Crippen molar-refractivity contribution >= 4 is 17.5 Å². The van der Waals surface area contributed by atoms with Gasteiger partial charge in [0.15, 0.2) is 0 Å². The molecule has 0 radical (unpaired) electrons. The molecule has 0 unspecified atom stereocenters. The molecular formula is C19H20ClFN2O2. The Morgan fingerprint density at radius 2 is 1.92 bits per heavy atom. The number of hydrogen-bond donors (Lipinski definition) is 0. The molecule has 0 atom stereocenters. The van der Waals surface area contributed by atoms with Gasteiger partial charge in [0.05, 0.1) is 12.7 Å². The van der Waals surface area contributed by atoms with Gasteiger partial charge in [-0.3, -0.25) is 9.69 Å². The number of benzene rings is 2. The van der Waals surface area contributed by atoms with Crippen molar-refractivity contribution in [3.63, 3.8) is 0 Å². The molecule has 3 rings (SSSR count). The summed E-state index contributed by atoms with van der Waals surface area (Å²) < 4.78 is 18.6. The van der Waals surface area contributed by atoms with Gasteiger partial charge >= 0.3 is 0 Å². The zero-order valence-electron chi connectivity index (χ0n) is 14.0. The van der Waals surface area contributed by atoms with Crippen molar-refractivity contribution in [3.05, 3.63) is 64.4 Å². The molecule has 1 aliphatic rings. The number of piperazine rings is 1. The minimum absolute atomic E-state index is 0.0789. The average molecular weight is 363 g/mol. The molecule has 132 valence electrons. The Morgan fingerprint density at radius 3 is 2.60 bits per heavy atom. The lowest BCUT2D eigenvalue weighted by molar-refractivity contribution is 0.0625. The second kappa shape index (κ2) is 7.85. The summed E-state index contributed by atoms with van der Waals surface area (Å²) in [5.74, 6) is 0.223. The van der Waals surface area contributed by atoms with E-state index in [0.717, 1.165) is 18.7 Å². The van der Waals surface area contributed by atoms with Gasteiger partial charge < -0.3 is 9.64 Å². The highest BCUT2D eigenvalue weighted by atomic mass is 35.5. The Hall–Kier alpha value is -2.11. The topological polar surface area (TPSA) is 32.8 Å². The number of methoxy groups -OCH3 is 1. The molecule has 4 nitrogen and oxygen atoms in total. The number of ether oxygens (including phenoxy) is 1. The second-order valence-electron chi connectivity index (χ2n) is 6.04. The highest BCUT2D eigenvalue weighted by Gasteiger charge is 2.24. The Kier molecular flexibility index (Phi) is 5.56. The van der Waals surface area contributed by atoms with Crippen LogP contribution in [0.5, 0.6) is 5.75 Å². The minimum atomic E-state index is -0.223. The van der Waals surface area contributed by atoms with E-state index in [2.05, 4.69) is 4.90 Å². The first kappa shape index (κ1) is 17.7. The molecule has 0 saturated carbocycles. The lowest BCUT2D eigenvalue weighted by Gasteiger charge is -2.35. The van der Waals surface area contributed by atoms with Gasteiger partial charge in [0.1, 0.15) is 11.6 Å². The van der Waals surface area contributed by atoms with E-state index < -0.39 is 0 Å². The van der Waals surface area contributed by atoms with Crippen LogP contribution in [0.25, 0.3) is 0 Å². The first-order valence-corrected chi connectivity index (χ1v) is 8.54. The Bertz CT molecular complexity index is 761. The number of halogens is 2. The fourth-order valence-electron chi connectivity index (χ4n) is 3.02. The van der Waals surface area contributed by atoms with E-state index in [1.165, 1.54) is 13.2 Å². The zero-order valence-corrected chi connectivity index (χ0v) is 14.8. The normalized spacial score (nSPS) is 15.2. The summed E-state index contributed by atoms with van der Waals surface area (Å²) in [6, 6.07) is 11.7. The number of rotatable bonds is 4. The molecule has 1 aliphatic heterocycles. The van der Waals surface area contributed by atoms with Gasteiger partial charge in [-0.25, -0.2) is 4.39 Å². The molecule has 1 fully saturated rings. The lowest BCUT2D eigenvalue weighted by Crippen LogP contribution is -2.48. The van der Waals surface area contributed by atoms with Crippen molar-refractivity contribution in [2.24, 2.45) is 0 Å². The molecule has 6 heteroatoms. The Morgan fingerprint density at radius 1 is 1.16 bits per heavy atom. The first-order chi connectivity index (χ1) is 12.1. The maximum atomic E-state index is 13.3.